The van der Waals surface area contributed by atoms with Crippen LogP contribution in [0.25, 0.3) is 11.1 Å². The molecule has 6 heteroatoms. The van der Waals surface area contributed by atoms with Crippen LogP contribution in [-0.4, -0.2) is 40.5 Å². The molecule has 0 radical (unpaired) electrons. The maximum absolute atomic E-state index is 14.0. The van der Waals surface area contributed by atoms with Gasteiger partial charge in [0.05, 0.1) is 24.4 Å². The van der Waals surface area contributed by atoms with Crippen molar-refractivity contribution in [3.63, 3.8) is 0 Å². The molecule has 0 spiro atoms. The zero-order valence-electron chi connectivity index (χ0n) is 22.6. The van der Waals surface area contributed by atoms with E-state index in [9.17, 15) is 19.4 Å². The Morgan fingerprint density at radius 1 is 1.11 bits per heavy atom. The van der Waals surface area contributed by atoms with Crippen LogP contribution in [-0.2, 0) is 17.8 Å². The Bertz CT molecular complexity index is 1270. The van der Waals surface area contributed by atoms with Gasteiger partial charge in [-0.15, -0.1) is 0 Å². The number of ether oxygens (including phenoxy) is 1. The number of rotatable bonds is 12. The van der Waals surface area contributed by atoms with E-state index in [2.05, 4.69) is 5.32 Å². The van der Waals surface area contributed by atoms with Crippen molar-refractivity contribution >= 4 is 5.97 Å². The molecule has 1 fully saturated rings. The minimum atomic E-state index is -0.970. The summed E-state index contributed by atoms with van der Waals surface area (Å²) in [6.07, 6.45) is 1.50. The van der Waals surface area contributed by atoms with Crippen molar-refractivity contribution in [2.45, 2.75) is 71.3 Å². The molecule has 0 saturated heterocycles. The highest BCUT2D eigenvalue weighted by atomic mass is 19.1. The number of carbonyl (C=O) groups is 1. The summed E-state index contributed by atoms with van der Waals surface area (Å²) in [5, 5.41) is 24.3. The van der Waals surface area contributed by atoms with Gasteiger partial charge in [0, 0.05) is 12.1 Å². The number of aromatic carboxylic acids is 1. The molecule has 2 atom stereocenters. The lowest BCUT2D eigenvalue weighted by Crippen LogP contribution is -2.48. The summed E-state index contributed by atoms with van der Waals surface area (Å²) < 4.78 is 20.4. The number of carboxylic acids is 1. The molecule has 3 aromatic rings. The Hall–Kier alpha value is -3.06. The number of nitrogens with one attached hydrogen (secondary N) is 1. The van der Waals surface area contributed by atoms with Crippen molar-refractivity contribution in [1.29, 1.82) is 0 Å². The predicted octanol–water partition coefficient (Wildman–Crippen LogP) is 6.07. The molecule has 1 aliphatic carbocycles. The fourth-order valence-electron chi connectivity index (χ4n) is 5.04. The van der Waals surface area contributed by atoms with E-state index in [1.165, 1.54) is 0 Å². The van der Waals surface area contributed by atoms with E-state index in [-0.39, 0.29) is 35.5 Å². The van der Waals surface area contributed by atoms with E-state index in [1.807, 2.05) is 63.2 Å². The third kappa shape index (κ3) is 6.87. The topological polar surface area (TPSA) is 78.8 Å². The van der Waals surface area contributed by atoms with Crippen molar-refractivity contribution in [1.82, 2.24) is 5.32 Å². The summed E-state index contributed by atoms with van der Waals surface area (Å²) in [5.74, 6) is -0.913. The van der Waals surface area contributed by atoms with Crippen LogP contribution in [0.15, 0.2) is 60.7 Å². The van der Waals surface area contributed by atoms with Crippen LogP contribution in [0.1, 0.15) is 59.3 Å². The highest BCUT2D eigenvalue weighted by Crippen LogP contribution is 2.37. The zero-order valence-corrected chi connectivity index (χ0v) is 22.6. The molecule has 5 nitrogen and oxygen atoms in total. The standard InChI is InChI=1S/C32H38FNO4/c1-20-10-11-22(16-28(20)33)17-32(3,4)34-18-29(35)30(24-12-13-24)38-19-27-21(2)25(31(36)37)14-15-26(27)23-8-6-5-7-9-23/h5-11,14-16,24,29-30,34-35H,12-13,17-19H2,1-4H3,(H,36,37)/t29-,30?/m1/s1. The Labute approximate surface area is 224 Å². The number of benzene rings is 3. The van der Waals surface area contributed by atoms with Crippen LogP contribution in [0.3, 0.4) is 0 Å². The lowest BCUT2D eigenvalue weighted by Gasteiger charge is -2.31. The van der Waals surface area contributed by atoms with Gasteiger partial charge in [-0.2, -0.15) is 0 Å². The summed E-state index contributed by atoms with van der Waals surface area (Å²) in [6.45, 7) is 8.19. The van der Waals surface area contributed by atoms with Crippen LogP contribution >= 0.6 is 0 Å². The number of β-amino-alcohol motifs (C(OH)–C–C–N with tert-alkyl or cyclic N) is 1. The minimum Gasteiger partial charge on any atom is -0.478 e. The van der Waals surface area contributed by atoms with Gasteiger partial charge < -0.3 is 20.3 Å². The average molecular weight is 520 g/mol. The van der Waals surface area contributed by atoms with Gasteiger partial charge in [0.25, 0.3) is 0 Å². The van der Waals surface area contributed by atoms with E-state index < -0.39 is 12.1 Å². The molecule has 4 rings (SSSR count). The third-order valence-electron chi connectivity index (χ3n) is 7.47. The second kappa shape index (κ2) is 11.8. The molecule has 0 bridgehead atoms. The summed E-state index contributed by atoms with van der Waals surface area (Å²) in [6, 6.07) is 18.6. The summed E-state index contributed by atoms with van der Waals surface area (Å²) in [4.78, 5) is 11.8. The van der Waals surface area contributed by atoms with Gasteiger partial charge in [0.1, 0.15) is 5.82 Å². The molecule has 3 aromatic carbocycles. The van der Waals surface area contributed by atoms with E-state index in [0.717, 1.165) is 35.1 Å². The van der Waals surface area contributed by atoms with E-state index in [0.29, 0.717) is 24.1 Å². The van der Waals surface area contributed by atoms with E-state index >= 15 is 0 Å². The molecule has 1 aliphatic rings. The Morgan fingerprint density at radius 2 is 1.82 bits per heavy atom. The molecular formula is C32H38FNO4. The second-order valence-electron chi connectivity index (χ2n) is 11.1. The fourth-order valence-corrected chi connectivity index (χ4v) is 5.04. The van der Waals surface area contributed by atoms with E-state index in [1.54, 1.807) is 25.1 Å². The van der Waals surface area contributed by atoms with Crippen LogP contribution in [0, 0.1) is 25.6 Å². The SMILES string of the molecule is Cc1ccc(CC(C)(C)NC[C@@H](O)C(OCc2c(-c3ccccc3)ccc(C(=O)O)c2C)C2CC2)cc1F. The molecule has 0 heterocycles. The van der Waals surface area contributed by atoms with Crippen molar-refractivity contribution in [2.24, 2.45) is 5.92 Å². The second-order valence-corrected chi connectivity index (χ2v) is 11.1. The number of aryl methyl sites for hydroxylation is 1. The van der Waals surface area contributed by atoms with Crippen molar-refractivity contribution in [3.8, 4) is 11.1 Å². The van der Waals surface area contributed by atoms with Gasteiger partial charge in [-0.25, -0.2) is 9.18 Å². The molecule has 38 heavy (non-hydrogen) atoms. The molecular weight excluding hydrogens is 481 g/mol. The molecule has 0 amide bonds. The lowest BCUT2D eigenvalue weighted by atomic mass is 9.92. The lowest BCUT2D eigenvalue weighted by molar-refractivity contribution is -0.0581. The average Bonchev–Trinajstić information content (AvgIpc) is 3.71. The predicted molar refractivity (Wildman–Crippen MR) is 148 cm³/mol. The largest absolute Gasteiger partial charge is 0.478 e. The van der Waals surface area contributed by atoms with Gasteiger partial charge in [0.2, 0.25) is 0 Å². The van der Waals surface area contributed by atoms with Crippen LogP contribution in [0.4, 0.5) is 4.39 Å². The summed E-state index contributed by atoms with van der Waals surface area (Å²) in [5.41, 5.74) is 4.84. The number of aliphatic hydroxyl groups is 1. The van der Waals surface area contributed by atoms with Gasteiger partial charge in [-0.05, 0) is 98.4 Å². The Kier molecular flexibility index (Phi) is 8.66. The molecule has 3 N–H and O–H groups in total. The number of hydrogen-bond acceptors (Lipinski definition) is 4. The van der Waals surface area contributed by atoms with Crippen LogP contribution in [0.2, 0.25) is 0 Å². The van der Waals surface area contributed by atoms with Crippen LogP contribution < -0.4 is 5.32 Å². The monoisotopic (exact) mass is 519 g/mol. The smallest absolute Gasteiger partial charge is 0.335 e. The number of hydrogen-bond donors (Lipinski definition) is 3. The first-order chi connectivity index (χ1) is 18.1. The highest BCUT2D eigenvalue weighted by molar-refractivity contribution is 5.91. The summed E-state index contributed by atoms with van der Waals surface area (Å²) in [7, 11) is 0. The third-order valence-corrected chi connectivity index (χ3v) is 7.47. The number of aliphatic hydroxyl groups excluding tert-OH is 1. The van der Waals surface area contributed by atoms with Crippen molar-refractivity contribution in [3.05, 3.63) is 94.3 Å². The molecule has 202 valence electrons. The normalized spacial score (nSPS) is 15.3. The Balaban J connectivity index is 1.46. The first kappa shape index (κ1) is 28.0. The van der Waals surface area contributed by atoms with Gasteiger partial charge in [-0.3, -0.25) is 0 Å². The van der Waals surface area contributed by atoms with Crippen molar-refractivity contribution < 1.29 is 24.1 Å². The fraction of sp³-hybridized carbons (Fsp3) is 0.406. The quantitative estimate of drug-likeness (QED) is 0.271. The maximum atomic E-state index is 14.0. The number of halogens is 1. The molecule has 0 aliphatic heterocycles. The van der Waals surface area contributed by atoms with E-state index in [4.69, 9.17) is 4.74 Å². The highest BCUT2D eigenvalue weighted by Gasteiger charge is 2.37. The maximum Gasteiger partial charge on any atom is 0.335 e. The minimum absolute atomic E-state index is 0.210. The first-order valence-electron chi connectivity index (χ1n) is 13.3. The van der Waals surface area contributed by atoms with Gasteiger partial charge in [-0.1, -0.05) is 48.5 Å². The zero-order chi connectivity index (χ0) is 27.4. The molecule has 1 saturated carbocycles. The Morgan fingerprint density at radius 3 is 2.45 bits per heavy atom. The van der Waals surface area contributed by atoms with Crippen molar-refractivity contribution in [2.75, 3.05) is 6.54 Å². The van der Waals surface area contributed by atoms with Gasteiger partial charge >= 0.3 is 5.97 Å². The van der Waals surface area contributed by atoms with Crippen LogP contribution in [0.5, 0.6) is 0 Å². The first-order valence-corrected chi connectivity index (χ1v) is 13.3. The number of carboxylic acid groups (broad SMARTS) is 1. The molecule has 1 unspecified atom stereocenters. The van der Waals surface area contributed by atoms with Gasteiger partial charge in [0.15, 0.2) is 0 Å². The summed E-state index contributed by atoms with van der Waals surface area (Å²) >= 11 is 0. The molecule has 0 aromatic heterocycles.